The van der Waals surface area contributed by atoms with Gasteiger partial charge in [0.2, 0.25) is 0 Å². The summed E-state index contributed by atoms with van der Waals surface area (Å²) in [5.41, 5.74) is 11.2. The zero-order valence-corrected chi connectivity index (χ0v) is 9.52. The van der Waals surface area contributed by atoms with Gasteiger partial charge in [-0.05, 0) is 12.1 Å². The lowest BCUT2D eigenvalue weighted by atomic mass is 10.3. The first-order valence-electron chi connectivity index (χ1n) is 4.14. The van der Waals surface area contributed by atoms with Gasteiger partial charge in [-0.25, -0.2) is 0 Å². The summed E-state index contributed by atoms with van der Waals surface area (Å²) in [4.78, 5) is 0. The molecule has 14 heavy (non-hydrogen) atoms. The molecular formula is C9H15N3S2. The van der Waals surface area contributed by atoms with Crippen molar-refractivity contribution in [3.8, 4) is 0 Å². The summed E-state index contributed by atoms with van der Waals surface area (Å²) in [6.45, 7) is 1.51. The van der Waals surface area contributed by atoms with Crippen LogP contribution in [0.25, 0.3) is 0 Å². The first-order valence-corrected chi connectivity index (χ1v) is 4.99. The van der Waals surface area contributed by atoms with Crippen molar-refractivity contribution in [1.82, 2.24) is 0 Å². The van der Waals surface area contributed by atoms with Gasteiger partial charge in [-0.3, -0.25) is 0 Å². The number of thiocarbonyl (C=S) groups is 1. The summed E-state index contributed by atoms with van der Waals surface area (Å²) < 4.78 is 0.194. The minimum atomic E-state index is 0.194. The van der Waals surface area contributed by atoms with E-state index in [9.17, 15) is 0 Å². The van der Waals surface area contributed by atoms with Gasteiger partial charge in [0, 0.05) is 18.8 Å². The molecule has 0 aliphatic heterocycles. The highest BCUT2D eigenvalue weighted by molar-refractivity contribution is 8.10. The molecule has 0 saturated heterocycles. The SMILES string of the molecule is NC(=S)S.NCCNc1ccccc1. The molecule has 0 radical (unpaired) electrons. The molecule has 3 nitrogen and oxygen atoms in total. The smallest absolute Gasteiger partial charge is 0.128 e. The standard InChI is InChI=1S/C8H12N2.CH3NS2/c9-6-7-10-8-4-2-1-3-5-8;2-1(3)4/h1-5,10H,6-7,9H2;(H3,2,3,4). The maximum Gasteiger partial charge on any atom is 0.128 e. The van der Waals surface area contributed by atoms with Crippen molar-refractivity contribution in [3.63, 3.8) is 0 Å². The van der Waals surface area contributed by atoms with Gasteiger partial charge in [0.25, 0.3) is 0 Å². The van der Waals surface area contributed by atoms with Gasteiger partial charge < -0.3 is 16.8 Å². The maximum atomic E-state index is 5.31. The van der Waals surface area contributed by atoms with E-state index in [1.165, 1.54) is 0 Å². The number of nitrogens with two attached hydrogens (primary N) is 2. The largest absolute Gasteiger partial charge is 0.385 e. The van der Waals surface area contributed by atoms with E-state index in [1.807, 2.05) is 30.3 Å². The Morgan fingerprint density at radius 2 is 1.86 bits per heavy atom. The fourth-order valence-electron chi connectivity index (χ4n) is 0.773. The fourth-order valence-corrected chi connectivity index (χ4v) is 0.773. The van der Waals surface area contributed by atoms with Crippen molar-refractivity contribution in [3.05, 3.63) is 30.3 Å². The van der Waals surface area contributed by atoms with Crippen LogP contribution >= 0.6 is 24.8 Å². The highest BCUT2D eigenvalue weighted by Gasteiger charge is 1.84. The van der Waals surface area contributed by atoms with Gasteiger partial charge >= 0.3 is 0 Å². The van der Waals surface area contributed by atoms with Gasteiger partial charge in [-0.1, -0.05) is 30.4 Å². The summed E-state index contributed by atoms with van der Waals surface area (Å²) >= 11 is 7.65. The number of benzene rings is 1. The Morgan fingerprint density at radius 1 is 1.36 bits per heavy atom. The molecule has 0 aliphatic rings. The van der Waals surface area contributed by atoms with Crippen molar-refractivity contribution in [2.45, 2.75) is 0 Å². The van der Waals surface area contributed by atoms with E-state index in [0.717, 1.165) is 12.2 Å². The number of hydrogen-bond acceptors (Lipinski definition) is 3. The summed E-state index contributed by atoms with van der Waals surface area (Å²) in [5.74, 6) is 0. The summed E-state index contributed by atoms with van der Waals surface area (Å²) in [5, 5.41) is 3.17. The summed E-state index contributed by atoms with van der Waals surface area (Å²) in [6.07, 6.45) is 0. The van der Waals surface area contributed by atoms with Crippen LogP contribution in [0, 0.1) is 0 Å². The number of hydrogen-bond donors (Lipinski definition) is 4. The second kappa shape index (κ2) is 8.80. The van der Waals surface area contributed by atoms with Gasteiger partial charge in [-0.2, -0.15) is 0 Å². The predicted octanol–water partition coefficient (Wildman–Crippen LogP) is 1.22. The van der Waals surface area contributed by atoms with Crippen LogP contribution in [0.2, 0.25) is 0 Å². The number of para-hydroxylation sites is 1. The minimum absolute atomic E-state index is 0.194. The van der Waals surface area contributed by atoms with Crippen LogP contribution < -0.4 is 16.8 Å². The number of anilines is 1. The maximum absolute atomic E-state index is 5.31. The monoisotopic (exact) mass is 229 g/mol. The van der Waals surface area contributed by atoms with Crippen molar-refractivity contribution < 1.29 is 0 Å². The van der Waals surface area contributed by atoms with E-state index < -0.39 is 0 Å². The van der Waals surface area contributed by atoms with E-state index in [0.29, 0.717) is 6.54 Å². The molecule has 5 N–H and O–H groups in total. The number of thiol groups is 1. The van der Waals surface area contributed by atoms with Crippen LogP contribution in [-0.2, 0) is 0 Å². The summed E-state index contributed by atoms with van der Waals surface area (Å²) in [7, 11) is 0. The second-order valence-electron chi connectivity index (χ2n) is 2.42. The molecule has 5 heteroatoms. The van der Waals surface area contributed by atoms with Crippen molar-refractivity contribution >= 4 is 34.9 Å². The van der Waals surface area contributed by atoms with Crippen molar-refractivity contribution in [2.75, 3.05) is 18.4 Å². The normalized spacial score (nSPS) is 8.43. The quantitative estimate of drug-likeness (QED) is 0.465. The molecule has 1 aromatic carbocycles. The molecule has 0 atom stereocenters. The Morgan fingerprint density at radius 3 is 2.29 bits per heavy atom. The van der Waals surface area contributed by atoms with E-state index in [1.54, 1.807) is 0 Å². The second-order valence-corrected chi connectivity index (χ2v) is 3.64. The van der Waals surface area contributed by atoms with Gasteiger partial charge in [0.1, 0.15) is 4.32 Å². The van der Waals surface area contributed by atoms with Crippen LogP contribution in [0.4, 0.5) is 5.69 Å². The third kappa shape index (κ3) is 9.31. The van der Waals surface area contributed by atoms with Crippen LogP contribution in [0.1, 0.15) is 0 Å². The Hall–Kier alpha value is -0.780. The molecule has 0 aromatic heterocycles. The van der Waals surface area contributed by atoms with E-state index in [2.05, 4.69) is 30.2 Å². The number of nitrogens with one attached hydrogen (secondary N) is 1. The zero-order valence-electron chi connectivity index (χ0n) is 7.81. The van der Waals surface area contributed by atoms with Crippen LogP contribution in [0.5, 0.6) is 0 Å². The van der Waals surface area contributed by atoms with E-state index in [4.69, 9.17) is 11.5 Å². The first kappa shape index (κ1) is 13.2. The Balaban J connectivity index is 0.000000364. The molecular weight excluding hydrogens is 214 g/mol. The topological polar surface area (TPSA) is 64.1 Å². The van der Waals surface area contributed by atoms with Gasteiger partial charge in [0.15, 0.2) is 0 Å². The average molecular weight is 229 g/mol. The molecule has 0 spiro atoms. The third-order valence-electron chi connectivity index (χ3n) is 1.25. The Bertz CT molecular complexity index is 247. The van der Waals surface area contributed by atoms with Crippen LogP contribution in [0.15, 0.2) is 30.3 Å². The molecule has 0 amide bonds. The Labute approximate surface area is 95.3 Å². The Kier molecular flexibility index (Phi) is 8.31. The minimum Gasteiger partial charge on any atom is -0.385 e. The highest BCUT2D eigenvalue weighted by Crippen LogP contribution is 2.02. The first-order chi connectivity index (χ1) is 6.66. The summed E-state index contributed by atoms with van der Waals surface area (Å²) in [6, 6.07) is 10.0. The lowest BCUT2D eigenvalue weighted by molar-refractivity contribution is 1.02. The average Bonchev–Trinajstić information content (AvgIpc) is 2.15. The molecule has 0 fully saturated rings. The molecule has 0 bridgehead atoms. The van der Waals surface area contributed by atoms with E-state index in [-0.39, 0.29) is 4.32 Å². The molecule has 1 aromatic rings. The molecule has 0 heterocycles. The third-order valence-corrected chi connectivity index (χ3v) is 1.25. The molecule has 1 rings (SSSR count). The van der Waals surface area contributed by atoms with Gasteiger partial charge in [0.05, 0.1) is 0 Å². The molecule has 0 unspecified atom stereocenters. The number of rotatable bonds is 3. The zero-order chi connectivity index (χ0) is 10.8. The molecule has 0 aliphatic carbocycles. The predicted molar refractivity (Wildman–Crippen MR) is 69.8 cm³/mol. The van der Waals surface area contributed by atoms with Crippen LogP contribution in [-0.4, -0.2) is 17.4 Å². The van der Waals surface area contributed by atoms with Crippen molar-refractivity contribution in [2.24, 2.45) is 11.5 Å². The molecule has 0 saturated carbocycles. The lowest BCUT2D eigenvalue weighted by Crippen LogP contribution is -2.12. The van der Waals surface area contributed by atoms with Crippen molar-refractivity contribution in [1.29, 1.82) is 0 Å². The molecule has 78 valence electrons. The van der Waals surface area contributed by atoms with Crippen LogP contribution in [0.3, 0.4) is 0 Å². The van der Waals surface area contributed by atoms with Gasteiger partial charge in [-0.15, -0.1) is 12.6 Å². The highest BCUT2D eigenvalue weighted by atomic mass is 32.1. The lowest BCUT2D eigenvalue weighted by Gasteiger charge is -2.01. The fraction of sp³-hybridized carbons (Fsp3) is 0.222. The van der Waals surface area contributed by atoms with E-state index >= 15 is 0 Å².